The van der Waals surface area contributed by atoms with Crippen molar-refractivity contribution < 1.29 is 1.43 Å². The Morgan fingerprint density at radius 2 is 1.88 bits per heavy atom. The van der Waals surface area contributed by atoms with Crippen LogP contribution in [0.1, 0.15) is 18.2 Å². The smallest absolute Gasteiger partial charge is 0.227 e. The standard InChI is InChI=1S/C25H24N8.H2/c1-32-8-10-33(11-9-32)24-13-19(6-7-27-24)30-25-28-15-21-20(3-5-23(21)31-25)17-2-4-22-18(12-17)14-26-16-29-22;/h2-4,6-7,12-16H,5,8-11H2,1H3,(H,27,28,30,31);1H. The summed E-state index contributed by atoms with van der Waals surface area (Å²) >= 11 is 0. The fourth-order valence-corrected chi connectivity index (χ4v) is 4.43. The second-order valence-electron chi connectivity index (χ2n) is 8.49. The first-order valence-electron chi connectivity index (χ1n) is 11.2. The van der Waals surface area contributed by atoms with Gasteiger partial charge >= 0.3 is 0 Å². The molecule has 6 rings (SSSR count). The molecule has 4 heterocycles. The monoisotopic (exact) mass is 438 g/mol. The highest BCUT2D eigenvalue weighted by atomic mass is 15.3. The van der Waals surface area contributed by atoms with E-state index in [1.54, 1.807) is 6.33 Å². The van der Waals surface area contributed by atoms with Crippen molar-refractivity contribution in [3.63, 3.8) is 0 Å². The van der Waals surface area contributed by atoms with Gasteiger partial charge in [0.05, 0.1) is 11.2 Å². The molecule has 3 aromatic heterocycles. The van der Waals surface area contributed by atoms with E-state index in [0.717, 1.165) is 77.4 Å². The Bertz CT molecular complexity index is 1360. The number of nitrogens with zero attached hydrogens (tertiary/aromatic N) is 7. The van der Waals surface area contributed by atoms with Crippen molar-refractivity contribution in [3.8, 4) is 0 Å². The highest BCUT2D eigenvalue weighted by molar-refractivity contribution is 5.89. The first kappa shape index (κ1) is 19.8. The third kappa shape index (κ3) is 3.89. The number of piperazine rings is 1. The molecular formula is C25H26N8. The lowest BCUT2D eigenvalue weighted by molar-refractivity contribution is 0.312. The molecule has 2 aliphatic rings. The Morgan fingerprint density at radius 3 is 2.79 bits per heavy atom. The molecule has 0 amide bonds. The summed E-state index contributed by atoms with van der Waals surface area (Å²) < 4.78 is 0. The van der Waals surface area contributed by atoms with Gasteiger partial charge in [0.25, 0.3) is 0 Å². The van der Waals surface area contributed by atoms with Crippen molar-refractivity contribution in [1.29, 1.82) is 0 Å². The molecule has 1 saturated heterocycles. The Balaban J connectivity index is 0.00000241. The minimum absolute atomic E-state index is 0. The second-order valence-corrected chi connectivity index (χ2v) is 8.49. The van der Waals surface area contributed by atoms with E-state index < -0.39 is 0 Å². The fraction of sp³-hybridized carbons (Fsp3) is 0.240. The number of anilines is 3. The van der Waals surface area contributed by atoms with Crippen LogP contribution in [-0.2, 0) is 6.42 Å². The third-order valence-corrected chi connectivity index (χ3v) is 6.30. The van der Waals surface area contributed by atoms with Gasteiger partial charge in [-0.1, -0.05) is 12.1 Å². The van der Waals surface area contributed by atoms with Crippen LogP contribution in [0.4, 0.5) is 17.5 Å². The topological polar surface area (TPSA) is 83.0 Å². The van der Waals surface area contributed by atoms with E-state index in [-0.39, 0.29) is 1.43 Å². The number of pyridine rings is 1. The Labute approximate surface area is 193 Å². The lowest BCUT2D eigenvalue weighted by Gasteiger charge is -2.33. The molecule has 1 aliphatic carbocycles. The van der Waals surface area contributed by atoms with Crippen LogP contribution in [0.15, 0.2) is 61.3 Å². The lowest BCUT2D eigenvalue weighted by atomic mass is 10.0. The number of fused-ring (bicyclic) bond motifs is 2. The van der Waals surface area contributed by atoms with Crippen molar-refractivity contribution in [2.45, 2.75) is 6.42 Å². The number of nitrogens with one attached hydrogen (secondary N) is 1. The summed E-state index contributed by atoms with van der Waals surface area (Å²) in [5.41, 5.74) is 6.27. The number of allylic oxidation sites excluding steroid dienone is 1. The first-order chi connectivity index (χ1) is 16.2. The van der Waals surface area contributed by atoms with Gasteiger partial charge in [-0.2, -0.15) is 0 Å². The van der Waals surface area contributed by atoms with Crippen LogP contribution in [-0.4, -0.2) is 63.0 Å². The molecule has 33 heavy (non-hydrogen) atoms. The highest BCUT2D eigenvalue weighted by Crippen LogP contribution is 2.33. The van der Waals surface area contributed by atoms with Gasteiger partial charge in [-0.05, 0) is 36.4 Å². The predicted octanol–water partition coefficient (Wildman–Crippen LogP) is 3.54. The third-order valence-electron chi connectivity index (χ3n) is 6.30. The van der Waals surface area contributed by atoms with Crippen LogP contribution in [0, 0.1) is 0 Å². The minimum Gasteiger partial charge on any atom is -0.354 e. The second kappa shape index (κ2) is 8.22. The van der Waals surface area contributed by atoms with E-state index in [0.29, 0.717) is 5.95 Å². The molecule has 4 aromatic rings. The minimum atomic E-state index is 0. The zero-order chi connectivity index (χ0) is 22.2. The molecule has 1 aromatic carbocycles. The highest BCUT2D eigenvalue weighted by Gasteiger charge is 2.19. The van der Waals surface area contributed by atoms with Crippen molar-refractivity contribution in [2.75, 3.05) is 43.4 Å². The number of likely N-dealkylation sites (N-methyl/N-ethyl adjacent to an activating group) is 1. The molecule has 8 heteroatoms. The summed E-state index contributed by atoms with van der Waals surface area (Å²) in [7, 11) is 2.16. The molecule has 0 saturated carbocycles. The zero-order valence-corrected chi connectivity index (χ0v) is 18.4. The van der Waals surface area contributed by atoms with E-state index in [2.05, 4.69) is 66.4 Å². The first-order valence-corrected chi connectivity index (χ1v) is 11.2. The van der Waals surface area contributed by atoms with Gasteiger partial charge in [-0.15, -0.1) is 0 Å². The van der Waals surface area contributed by atoms with Crippen LogP contribution < -0.4 is 10.2 Å². The number of rotatable bonds is 4. The van der Waals surface area contributed by atoms with Gasteiger partial charge in [0.1, 0.15) is 12.1 Å². The van der Waals surface area contributed by atoms with Gasteiger partial charge in [0, 0.05) is 75.3 Å². The Morgan fingerprint density at radius 1 is 0.970 bits per heavy atom. The van der Waals surface area contributed by atoms with Crippen molar-refractivity contribution in [1.82, 2.24) is 29.8 Å². The van der Waals surface area contributed by atoms with Gasteiger partial charge < -0.3 is 15.1 Å². The molecule has 0 radical (unpaired) electrons. The van der Waals surface area contributed by atoms with Gasteiger partial charge in [-0.3, -0.25) is 0 Å². The maximum Gasteiger partial charge on any atom is 0.227 e. The van der Waals surface area contributed by atoms with E-state index in [4.69, 9.17) is 4.98 Å². The molecule has 1 N–H and O–H groups in total. The van der Waals surface area contributed by atoms with Crippen LogP contribution in [0.3, 0.4) is 0 Å². The largest absolute Gasteiger partial charge is 0.354 e. The van der Waals surface area contributed by atoms with Crippen LogP contribution in [0.2, 0.25) is 0 Å². The van der Waals surface area contributed by atoms with Crippen LogP contribution in [0.5, 0.6) is 0 Å². The normalized spacial score (nSPS) is 16.0. The van der Waals surface area contributed by atoms with E-state index in [1.165, 1.54) is 0 Å². The van der Waals surface area contributed by atoms with Crippen LogP contribution in [0.25, 0.3) is 16.5 Å². The summed E-state index contributed by atoms with van der Waals surface area (Å²) in [5.74, 6) is 1.59. The molecule has 1 aliphatic heterocycles. The molecule has 1 fully saturated rings. The van der Waals surface area contributed by atoms with E-state index in [1.807, 2.05) is 30.7 Å². The maximum absolute atomic E-state index is 4.80. The van der Waals surface area contributed by atoms with E-state index in [9.17, 15) is 0 Å². The summed E-state index contributed by atoms with van der Waals surface area (Å²) in [6.45, 7) is 4.06. The number of hydrogen-bond donors (Lipinski definition) is 1. The number of aromatic nitrogens is 5. The number of hydrogen-bond acceptors (Lipinski definition) is 8. The zero-order valence-electron chi connectivity index (χ0n) is 18.4. The predicted molar refractivity (Wildman–Crippen MR) is 132 cm³/mol. The van der Waals surface area contributed by atoms with Crippen LogP contribution >= 0.6 is 0 Å². The quantitative estimate of drug-likeness (QED) is 0.518. The molecule has 0 unspecified atom stereocenters. The average Bonchev–Trinajstić information content (AvgIpc) is 3.28. The van der Waals surface area contributed by atoms with Gasteiger partial charge in [-0.25, -0.2) is 24.9 Å². The Kier molecular flexibility index (Phi) is 4.92. The summed E-state index contributed by atoms with van der Waals surface area (Å²) in [6, 6.07) is 10.3. The summed E-state index contributed by atoms with van der Waals surface area (Å²) in [6.07, 6.45) is 10.2. The fourth-order valence-electron chi connectivity index (χ4n) is 4.43. The summed E-state index contributed by atoms with van der Waals surface area (Å²) in [4.78, 5) is 27.1. The average molecular weight is 439 g/mol. The molecule has 0 spiro atoms. The number of benzene rings is 1. The van der Waals surface area contributed by atoms with E-state index >= 15 is 0 Å². The lowest BCUT2D eigenvalue weighted by Crippen LogP contribution is -2.44. The van der Waals surface area contributed by atoms with Crippen molar-refractivity contribution in [2.24, 2.45) is 0 Å². The molecule has 166 valence electrons. The van der Waals surface area contributed by atoms with Gasteiger partial charge in [0.2, 0.25) is 5.95 Å². The van der Waals surface area contributed by atoms with Gasteiger partial charge in [0.15, 0.2) is 0 Å². The SMILES string of the molecule is CN1CCN(c2cc(Nc3ncc4c(n3)CC=C4c3ccc4ncncc4c3)ccn2)CC1.[HH]. The molecule has 0 atom stereocenters. The molecule has 8 nitrogen and oxygen atoms in total. The van der Waals surface area contributed by atoms with Crippen molar-refractivity contribution >= 4 is 33.9 Å². The van der Waals surface area contributed by atoms with Crippen molar-refractivity contribution in [3.05, 3.63) is 78.1 Å². The summed E-state index contributed by atoms with van der Waals surface area (Å²) in [5, 5.41) is 4.39. The maximum atomic E-state index is 4.80. The molecular weight excluding hydrogens is 412 g/mol. The Hall–Kier alpha value is -3.91. The molecule has 0 bridgehead atoms.